The Morgan fingerprint density at radius 3 is 3.00 bits per heavy atom. The van der Waals surface area contributed by atoms with Crippen LogP contribution >= 0.6 is 27.3 Å². The summed E-state index contributed by atoms with van der Waals surface area (Å²) >= 11 is 4.63. The molecule has 1 unspecified atom stereocenters. The van der Waals surface area contributed by atoms with Crippen LogP contribution in [0, 0.1) is 10.1 Å². The van der Waals surface area contributed by atoms with Gasteiger partial charge in [0.2, 0.25) is 6.54 Å². The molecule has 1 rings (SSSR count). The predicted octanol–water partition coefficient (Wildman–Crippen LogP) is 1.87. The molecule has 0 amide bonds. The average molecular weight is 267 g/mol. The van der Waals surface area contributed by atoms with Crippen LogP contribution in [0.1, 0.15) is 11.8 Å². The summed E-state index contributed by atoms with van der Waals surface area (Å²) in [5.41, 5.74) is 2.20. The minimum Gasteiger partial charge on any atom is -0.368 e. The molecule has 72 valence electrons. The van der Waals surface area contributed by atoms with Gasteiger partial charge in [-0.15, -0.1) is 11.3 Å². The molecule has 0 spiro atoms. The number of rotatable bonds is 4. The number of halogens is 1. The second kappa shape index (κ2) is 4.64. The van der Waals surface area contributed by atoms with Crippen LogP contribution in [0.3, 0.4) is 0 Å². The van der Waals surface area contributed by atoms with Gasteiger partial charge in [-0.1, -0.05) is 0 Å². The fraction of sp³-hybridized carbons (Fsp3) is 0.500. The van der Waals surface area contributed by atoms with Crippen molar-refractivity contribution in [3.63, 3.8) is 0 Å². The third-order valence-electron chi connectivity index (χ3n) is 1.45. The summed E-state index contributed by atoms with van der Waals surface area (Å²) in [7, 11) is 1.43. The van der Waals surface area contributed by atoms with Crippen molar-refractivity contribution in [3.8, 4) is 0 Å². The van der Waals surface area contributed by atoms with Gasteiger partial charge in [0.05, 0.1) is 9.30 Å². The lowest BCUT2D eigenvalue weighted by Crippen LogP contribution is -2.14. The molecular formula is C6H7BrN2O3S. The smallest absolute Gasteiger partial charge is 0.235 e. The molecule has 0 bridgehead atoms. The van der Waals surface area contributed by atoms with Crippen LogP contribution in [0.25, 0.3) is 0 Å². The second-order valence-corrected chi connectivity index (χ2v) is 4.42. The Hall–Kier alpha value is -0.530. The third kappa shape index (κ3) is 2.71. The molecule has 5 nitrogen and oxygen atoms in total. The summed E-state index contributed by atoms with van der Waals surface area (Å²) in [5, 5.41) is 10.3. The highest BCUT2D eigenvalue weighted by Gasteiger charge is 2.21. The molecule has 0 N–H and O–H groups in total. The number of thiazole rings is 1. The first kappa shape index (κ1) is 10.6. The van der Waals surface area contributed by atoms with E-state index in [-0.39, 0.29) is 6.54 Å². The van der Waals surface area contributed by atoms with E-state index in [1.54, 1.807) is 5.51 Å². The van der Waals surface area contributed by atoms with Gasteiger partial charge in [-0.25, -0.2) is 4.98 Å². The highest BCUT2D eigenvalue weighted by atomic mass is 79.9. The number of hydrogen-bond donors (Lipinski definition) is 0. The SMILES string of the molecule is COC(C[N+](=O)[O-])c1ncsc1Br. The van der Waals surface area contributed by atoms with E-state index < -0.39 is 11.0 Å². The molecule has 7 heteroatoms. The van der Waals surface area contributed by atoms with Crippen molar-refractivity contribution in [1.82, 2.24) is 4.98 Å². The molecule has 0 saturated carbocycles. The van der Waals surface area contributed by atoms with E-state index in [0.717, 1.165) is 3.79 Å². The van der Waals surface area contributed by atoms with Crippen LogP contribution in [0.2, 0.25) is 0 Å². The van der Waals surface area contributed by atoms with E-state index in [0.29, 0.717) is 5.69 Å². The van der Waals surface area contributed by atoms with E-state index in [4.69, 9.17) is 4.74 Å². The summed E-state index contributed by atoms with van der Waals surface area (Å²) in [6.45, 7) is -0.265. The van der Waals surface area contributed by atoms with Crippen molar-refractivity contribution in [2.24, 2.45) is 0 Å². The molecular weight excluding hydrogens is 260 g/mol. The molecule has 0 radical (unpaired) electrons. The van der Waals surface area contributed by atoms with Crippen molar-refractivity contribution in [3.05, 3.63) is 25.1 Å². The van der Waals surface area contributed by atoms with Gasteiger partial charge in [-0.3, -0.25) is 10.1 Å². The lowest BCUT2D eigenvalue weighted by Gasteiger charge is -2.07. The predicted molar refractivity (Wildman–Crippen MR) is 51.4 cm³/mol. The summed E-state index contributed by atoms with van der Waals surface area (Å²) in [4.78, 5) is 13.8. The first-order chi connectivity index (χ1) is 6.15. The number of nitro groups is 1. The first-order valence-electron chi connectivity index (χ1n) is 3.38. The van der Waals surface area contributed by atoms with Crippen LogP contribution in [-0.4, -0.2) is 23.6 Å². The van der Waals surface area contributed by atoms with E-state index in [9.17, 15) is 10.1 Å². The van der Waals surface area contributed by atoms with Crippen molar-refractivity contribution >= 4 is 27.3 Å². The van der Waals surface area contributed by atoms with Gasteiger partial charge >= 0.3 is 0 Å². The van der Waals surface area contributed by atoms with Crippen molar-refractivity contribution < 1.29 is 9.66 Å². The molecule has 0 aliphatic heterocycles. The Morgan fingerprint density at radius 1 is 1.92 bits per heavy atom. The molecule has 1 aromatic heterocycles. The minimum absolute atomic E-state index is 0.265. The molecule has 0 aliphatic rings. The normalized spacial score (nSPS) is 12.8. The Kier molecular flexibility index (Phi) is 3.76. The van der Waals surface area contributed by atoms with E-state index >= 15 is 0 Å². The summed E-state index contributed by atoms with van der Waals surface area (Å²) in [6.07, 6.45) is -0.573. The van der Waals surface area contributed by atoms with Gasteiger partial charge in [0.1, 0.15) is 5.69 Å². The number of nitrogens with zero attached hydrogens (tertiary/aromatic N) is 2. The maximum atomic E-state index is 10.3. The minimum atomic E-state index is -0.573. The topological polar surface area (TPSA) is 65.3 Å². The van der Waals surface area contributed by atoms with Gasteiger partial charge < -0.3 is 4.74 Å². The van der Waals surface area contributed by atoms with Crippen molar-refractivity contribution in [1.29, 1.82) is 0 Å². The van der Waals surface area contributed by atoms with Crippen molar-refractivity contribution in [2.45, 2.75) is 6.10 Å². The largest absolute Gasteiger partial charge is 0.368 e. The quantitative estimate of drug-likeness (QED) is 0.617. The van der Waals surface area contributed by atoms with Crippen LogP contribution in [0.15, 0.2) is 9.30 Å². The Balaban J connectivity index is 2.78. The van der Waals surface area contributed by atoms with Crippen LogP contribution in [-0.2, 0) is 4.74 Å². The average Bonchev–Trinajstić information content (AvgIpc) is 2.47. The van der Waals surface area contributed by atoms with Gasteiger partial charge in [0, 0.05) is 12.0 Å². The maximum absolute atomic E-state index is 10.3. The fourth-order valence-corrected chi connectivity index (χ4v) is 2.03. The van der Waals surface area contributed by atoms with E-state index in [1.165, 1.54) is 18.4 Å². The van der Waals surface area contributed by atoms with Crippen LogP contribution in [0.4, 0.5) is 0 Å². The molecule has 0 saturated heterocycles. The lowest BCUT2D eigenvalue weighted by molar-refractivity contribution is -0.492. The highest BCUT2D eigenvalue weighted by Crippen LogP contribution is 2.27. The summed E-state index contributed by atoms with van der Waals surface area (Å²) < 4.78 is 5.74. The molecule has 13 heavy (non-hydrogen) atoms. The number of hydrogen-bond acceptors (Lipinski definition) is 5. The zero-order chi connectivity index (χ0) is 9.84. The highest BCUT2D eigenvalue weighted by molar-refractivity contribution is 9.11. The van der Waals surface area contributed by atoms with E-state index in [2.05, 4.69) is 20.9 Å². The molecule has 0 aliphatic carbocycles. The zero-order valence-corrected chi connectivity index (χ0v) is 9.17. The standard InChI is InChI=1S/C6H7BrN2O3S/c1-12-4(2-9(10)11)5-6(7)13-3-8-5/h3-4H,2H2,1H3. The summed E-state index contributed by atoms with van der Waals surface area (Å²) in [6, 6.07) is 0. The summed E-state index contributed by atoms with van der Waals surface area (Å²) in [5.74, 6) is 0. The van der Waals surface area contributed by atoms with Crippen LogP contribution in [0.5, 0.6) is 0 Å². The van der Waals surface area contributed by atoms with Gasteiger partial charge in [0.15, 0.2) is 6.10 Å². The Bertz CT molecular complexity index is 304. The lowest BCUT2D eigenvalue weighted by atomic mass is 10.3. The Labute approximate surface area is 87.0 Å². The third-order valence-corrected chi connectivity index (χ3v) is 3.05. The molecule has 0 aromatic carbocycles. The number of methoxy groups -OCH3 is 1. The molecule has 1 atom stereocenters. The maximum Gasteiger partial charge on any atom is 0.235 e. The second-order valence-electron chi connectivity index (χ2n) is 2.25. The monoisotopic (exact) mass is 266 g/mol. The zero-order valence-electron chi connectivity index (χ0n) is 6.77. The van der Waals surface area contributed by atoms with Crippen LogP contribution < -0.4 is 0 Å². The molecule has 0 fully saturated rings. The van der Waals surface area contributed by atoms with Gasteiger partial charge in [-0.2, -0.15) is 0 Å². The van der Waals surface area contributed by atoms with E-state index in [1.807, 2.05) is 0 Å². The van der Waals surface area contributed by atoms with Gasteiger partial charge in [0.25, 0.3) is 0 Å². The number of ether oxygens (including phenoxy) is 1. The molecule has 1 aromatic rings. The van der Waals surface area contributed by atoms with Gasteiger partial charge in [-0.05, 0) is 15.9 Å². The molecule has 1 heterocycles. The first-order valence-corrected chi connectivity index (χ1v) is 5.06. The van der Waals surface area contributed by atoms with Crippen molar-refractivity contribution in [2.75, 3.05) is 13.7 Å². The Morgan fingerprint density at radius 2 is 2.62 bits per heavy atom. The number of aromatic nitrogens is 1. The fourth-order valence-electron chi connectivity index (χ4n) is 0.858.